The van der Waals surface area contributed by atoms with Crippen LogP contribution in [0.4, 0.5) is 4.79 Å². The van der Waals surface area contributed by atoms with Crippen molar-refractivity contribution in [1.82, 2.24) is 15.1 Å². The topological polar surface area (TPSA) is 96.0 Å². The van der Waals surface area contributed by atoms with Crippen molar-refractivity contribution in [3.05, 3.63) is 34.9 Å². The number of aryl methyl sites for hydroxylation is 1. The highest BCUT2D eigenvalue weighted by atomic mass is 16.6. The number of amides is 3. The summed E-state index contributed by atoms with van der Waals surface area (Å²) < 4.78 is 5.80. The van der Waals surface area contributed by atoms with Crippen molar-refractivity contribution >= 4 is 24.2 Å². The number of carbonyl (C=O) groups is 4. The molecule has 0 aromatic heterocycles. The van der Waals surface area contributed by atoms with Crippen LogP contribution in [0.2, 0.25) is 0 Å². The van der Waals surface area contributed by atoms with E-state index in [4.69, 9.17) is 4.74 Å². The first-order valence-electron chi connectivity index (χ1n) is 13.6. The number of ether oxygens (including phenoxy) is 1. The molecule has 0 radical (unpaired) electrons. The molecule has 1 aromatic rings. The Labute approximate surface area is 213 Å². The van der Waals surface area contributed by atoms with Gasteiger partial charge in [0.15, 0.2) is 0 Å². The molecule has 8 nitrogen and oxygen atoms in total. The van der Waals surface area contributed by atoms with E-state index in [1.165, 1.54) is 16.0 Å². The number of aldehydes is 1. The number of hydrogen-bond donors (Lipinski definition) is 1. The van der Waals surface area contributed by atoms with Gasteiger partial charge in [-0.2, -0.15) is 0 Å². The van der Waals surface area contributed by atoms with Crippen LogP contribution in [-0.2, 0) is 38.6 Å². The molecule has 36 heavy (non-hydrogen) atoms. The Hall–Kier alpha value is -2.90. The van der Waals surface area contributed by atoms with Gasteiger partial charge in [0.05, 0.1) is 12.6 Å². The lowest BCUT2D eigenvalue weighted by Crippen LogP contribution is -2.50. The highest BCUT2D eigenvalue weighted by Crippen LogP contribution is 2.29. The summed E-state index contributed by atoms with van der Waals surface area (Å²) in [6.45, 7) is 3.25. The average molecular weight is 498 g/mol. The third-order valence-electron chi connectivity index (χ3n) is 7.68. The van der Waals surface area contributed by atoms with Gasteiger partial charge in [-0.05, 0) is 42.4 Å². The first-order chi connectivity index (χ1) is 17.5. The molecule has 0 aliphatic carbocycles. The molecule has 3 aliphatic rings. The first-order valence-corrected chi connectivity index (χ1v) is 13.6. The molecule has 1 saturated heterocycles. The second kappa shape index (κ2) is 12.4. The summed E-state index contributed by atoms with van der Waals surface area (Å²) in [5.41, 5.74) is 3.66. The van der Waals surface area contributed by atoms with Gasteiger partial charge >= 0.3 is 6.09 Å². The predicted molar refractivity (Wildman–Crippen MR) is 135 cm³/mol. The highest BCUT2D eigenvalue weighted by molar-refractivity contribution is 5.89. The maximum absolute atomic E-state index is 13.4. The molecule has 1 fully saturated rings. The van der Waals surface area contributed by atoms with Gasteiger partial charge in [0.1, 0.15) is 18.4 Å². The minimum absolute atomic E-state index is 0.119. The van der Waals surface area contributed by atoms with Crippen LogP contribution in [0.25, 0.3) is 0 Å². The zero-order chi connectivity index (χ0) is 25.5. The second-order valence-corrected chi connectivity index (χ2v) is 10.4. The SMILES string of the molecule is CCCC[C@@H]1NC(=O)CCCCCCCc2cccc3c2CN(C3)C(=O)O[C@@H]2C[C@@H](C=O)N(C2)C1=O. The van der Waals surface area contributed by atoms with Gasteiger partial charge in [-0.15, -0.1) is 0 Å². The maximum atomic E-state index is 13.4. The molecule has 196 valence electrons. The largest absolute Gasteiger partial charge is 0.444 e. The Morgan fingerprint density at radius 2 is 1.78 bits per heavy atom. The van der Waals surface area contributed by atoms with Crippen LogP contribution in [0.15, 0.2) is 18.2 Å². The molecule has 4 bridgehead atoms. The number of rotatable bonds is 4. The van der Waals surface area contributed by atoms with E-state index < -0.39 is 24.3 Å². The smallest absolute Gasteiger partial charge is 0.410 e. The summed E-state index contributed by atoms with van der Waals surface area (Å²) in [5, 5.41) is 2.93. The molecule has 1 aromatic carbocycles. The van der Waals surface area contributed by atoms with Gasteiger partial charge in [-0.3, -0.25) is 14.5 Å². The van der Waals surface area contributed by atoms with Crippen molar-refractivity contribution in [3.8, 4) is 0 Å². The van der Waals surface area contributed by atoms with E-state index in [0.29, 0.717) is 25.9 Å². The zero-order valence-electron chi connectivity index (χ0n) is 21.4. The van der Waals surface area contributed by atoms with Gasteiger partial charge in [0.2, 0.25) is 11.8 Å². The molecule has 0 unspecified atom stereocenters. The molecule has 0 spiro atoms. The van der Waals surface area contributed by atoms with E-state index in [1.54, 1.807) is 4.90 Å². The van der Waals surface area contributed by atoms with Gasteiger partial charge in [-0.1, -0.05) is 57.2 Å². The summed E-state index contributed by atoms with van der Waals surface area (Å²) in [6, 6.07) is 4.95. The van der Waals surface area contributed by atoms with E-state index in [9.17, 15) is 19.2 Å². The number of fused-ring (bicyclic) bond motifs is 3. The van der Waals surface area contributed by atoms with Crippen LogP contribution in [-0.4, -0.2) is 58.7 Å². The minimum atomic E-state index is -0.661. The van der Waals surface area contributed by atoms with E-state index >= 15 is 0 Å². The van der Waals surface area contributed by atoms with Gasteiger partial charge in [0, 0.05) is 25.9 Å². The monoisotopic (exact) mass is 497 g/mol. The normalized spacial score (nSPS) is 25.9. The third kappa shape index (κ3) is 6.26. The molecular formula is C28H39N3O5. The fraction of sp³-hybridized carbons (Fsp3) is 0.643. The van der Waals surface area contributed by atoms with Crippen LogP contribution in [0.1, 0.15) is 87.8 Å². The van der Waals surface area contributed by atoms with Crippen molar-refractivity contribution in [2.45, 2.75) is 109 Å². The Morgan fingerprint density at radius 1 is 1.03 bits per heavy atom. The summed E-state index contributed by atoms with van der Waals surface area (Å²) in [6.07, 6.45) is 8.69. The van der Waals surface area contributed by atoms with E-state index in [0.717, 1.165) is 63.2 Å². The van der Waals surface area contributed by atoms with Crippen molar-refractivity contribution < 1.29 is 23.9 Å². The molecule has 0 saturated carbocycles. The second-order valence-electron chi connectivity index (χ2n) is 10.4. The predicted octanol–water partition coefficient (Wildman–Crippen LogP) is 3.88. The van der Waals surface area contributed by atoms with Crippen LogP contribution < -0.4 is 5.32 Å². The lowest BCUT2D eigenvalue weighted by molar-refractivity contribution is -0.139. The fourth-order valence-electron chi connectivity index (χ4n) is 5.63. The maximum Gasteiger partial charge on any atom is 0.410 e. The number of benzene rings is 1. The van der Waals surface area contributed by atoms with Crippen LogP contribution >= 0.6 is 0 Å². The number of carbonyl (C=O) groups excluding carboxylic acids is 4. The molecule has 3 atom stereocenters. The third-order valence-corrected chi connectivity index (χ3v) is 7.68. The van der Waals surface area contributed by atoms with Gasteiger partial charge in [-0.25, -0.2) is 4.79 Å². The molecule has 3 aliphatic heterocycles. The Bertz CT molecular complexity index is 965. The number of hydrogen-bond acceptors (Lipinski definition) is 5. The Balaban J connectivity index is 1.51. The van der Waals surface area contributed by atoms with Crippen molar-refractivity contribution in [2.75, 3.05) is 6.54 Å². The van der Waals surface area contributed by atoms with Crippen LogP contribution in [0.3, 0.4) is 0 Å². The molecule has 1 N–H and O–H groups in total. The molecular weight excluding hydrogens is 458 g/mol. The van der Waals surface area contributed by atoms with Gasteiger partial charge in [0.25, 0.3) is 0 Å². The van der Waals surface area contributed by atoms with E-state index in [2.05, 4.69) is 23.5 Å². The van der Waals surface area contributed by atoms with Gasteiger partial charge < -0.3 is 19.7 Å². The number of nitrogens with one attached hydrogen (secondary N) is 1. The number of unbranched alkanes of at least 4 members (excludes halogenated alkanes) is 1. The summed E-state index contributed by atoms with van der Waals surface area (Å²) >= 11 is 0. The summed E-state index contributed by atoms with van der Waals surface area (Å²) in [5.74, 6) is -0.383. The van der Waals surface area contributed by atoms with Crippen molar-refractivity contribution in [1.29, 1.82) is 0 Å². The van der Waals surface area contributed by atoms with Crippen molar-refractivity contribution in [3.63, 3.8) is 0 Å². The average Bonchev–Trinajstić information content (AvgIpc) is 3.49. The Kier molecular flexibility index (Phi) is 8.99. The molecule has 3 heterocycles. The lowest BCUT2D eigenvalue weighted by atomic mass is 9.98. The molecule has 3 amide bonds. The van der Waals surface area contributed by atoms with E-state index in [1.807, 2.05) is 6.92 Å². The molecule has 8 heteroatoms. The first kappa shape index (κ1) is 26.2. The van der Waals surface area contributed by atoms with Crippen molar-refractivity contribution in [2.24, 2.45) is 0 Å². The quantitative estimate of drug-likeness (QED) is 0.637. The fourth-order valence-corrected chi connectivity index (χ4v) is 5.63. The summed E-state index contributed by atoms with van der Waals surface area (Å²) in [7, 11) is 0. The minimum Gasteiger partial charge on any atom is -0.444 e. The zero-order valence-corrected chi connectivity index (χ0v) is 21.4. The van der Waals surface area contributed by atoms with E-state index in [-0.39, 0.29) is 24.8 Å². The van der Waals surface area contributed by atoms with Crippen LogP contribution in [0, 0.1) is 0 Å². The summed E-state index contributed by atoms with van der Waals surface area (Å²) in [4.78, 5) is 54.1. The van der Waals surface area contributed by atoms with Crippen LogP contribution in [0.5, 0.6) is 0 Å². The molecule has 4 rings (SSSR count). The Morgan fingerprint density at radius 3 is 2.56 bits per heavy atom. The number of nitrogens with zero attached hydrogens (tertiary/aromatic N) is 2. The lowest BCUT2D eigenvalue weighted by Gasteiger charge is -2.27. The highest BCUT2D eigenvalue weighted by Gasteiger charge is 2.40. The standard InChI is InChI=1S/C28H39N3O5/c1-2-3-13-25-27(34)31-17-23(15-22(31)19-32)36-28(35)30-16-21-12-9-11-20(24(21)18-30)10-7-5-4-6-8-14-26(33)29-25/h9,11-12,19,22-23,25H,2-8,10,13-18H2,1H3,(H,29,33)/t22-,23+,25-/m0/s1.